The molecule has 0 aliphatic rings. The summed E-state index contributed by atoms with van der Waals surface area (Å²) in [6.45, 7) is 6.10. The van der Waals surface area contributed by atoms with Crippen molar-refractivity contribution in [2.24, 2.45) is 10.2 Å². The number of aromatic nitrogens is 1. The lowest BCUT2D eigenvalue weighted by atomic mass is 9.87. The molecule has 3 aromatic rings. The van der Waals surface area contributed by atoms with Crippen LogP contribution in [0.15, 0.2) is 58.8 Å². The minimum atomic E-state index is -0.519. The molecule has 0 radical (unpaired) electrons. The van der Waals surface area contributed by atoms with Gasteiger partial charge in [0.1, 0.15) is 6.54 Å². The summed E-state index contributed by atoms with van der Waals surface area (Å²) in [5.41, 5.74) is 2.21. The van der Waals surface area contributed by atoms with Crippen LogP contribution in [0.2, 0.25) is 0 Å². The van der Waals surface area contributed by atoms with Crippen LogP contribution in [-0.2, 0) is 21.5 Å². The Morgan fingerprint density at radius 3 is 2.34 bits per heavy atom. The first-order chi connectivity index (χ1) is 13.7. The molecule has 0 saturated carbocycles. The van der Waals surface area contributed by atoms with Crippen molar-refractivity contribution in [3.05, 3.63) is 59.7 Å². The number of aromatic hydroxyl groups is 1. The fourth-order valence-electron chi connectivity index (χ4n) is 2.99. The molecule has 0 atom stereocenters. The van der Waals surface area contributed by atoms with Gasteiger partial charge in [-0.3, -0.25) is 14.2 Å². The summed E-state index contributed by atoms with van der Waals surface area (Å²) in [6.07, 6.45) is 0. The first kappa shape index (κ1) is 20.3. The molecule has 0 bridgehead atoms. The van der Waals surface area contributed by atoms with E-state index in [1.165, 1.54) is 11.7 Å². The van der Waals surface area contributed by atoms with Crippen LogP contribution in [0.1, 0.15) is 36.7 Å². The van der Waals surface area contributed by atoms with Gasteiger partial charge in [-0.2, -0.15) is 0 Å². The van der Waals surface area contributed by atoms with Crippen molar-refractivity contribution in [2.45, 2.75) is 32.7 Å². The van der Waals surface area contributed by atoms with Gasteiger partial charge in [-0.05, 0) is 29.2 Å². The van der Waals surface area contributed by atoms with Gasteiger partial charge >= 0.3 is 5.97 Å². The standard InChI is InChI=1S/C22H23N3O4/c1-22(2,3)15-11-9-14(10-12-15)20(27)24-23-19-16-7-5-6-8-17(16)25(21(19)28)13-18(26)29-4/h5-12,28H,13H2,1-4H3. The second-order valence-electron chi connectivity index (χ2n) is 7.68. The summed E-state index contributed by atoms with van der Waals surface area (Å²) in [4.78, 5) is 24.1. The number of fused-ring (bicyclic) bond motifs is 1. The highest BCUT2D eigenvalue weighted by atomic mass is 16.5. The lowest BCUT2D eigenvalue weighted by Gasteiger charge is -2.18. The number of methoxy groups -OCH3 is 1. The molecule has 0 aliphatic carbocycles. The van der Waals surface area contributed by atoms with Crippen molar-refractivity contribution < 1.29 is 19.4 Å². The highest BCUT2D eigenvalue weighted by Crippen LogP contribution is 2.38. The SMILES string of the molecule is COC(=O)Cn1c(O)c(N=NC(=O)c2ccc(C(C)(C)C)cc2)c2ccccc21. The molecular formula is C22H23N3O4. The van der Waals surface area contributed by atoms with E-state index in [2.05, 4.69) is 35.7 Å². The molecule has 0 aliphatic heterocycles. The summed E-state index contributed by atoms with van der Waals surface area (Å²) in [6, 6.07) is 14.2. The molecule has 3 rings (SSSR count). The van der Waals surface area contributed by atoms with Crippen molar-refractivity contribution in [3.63, 3.8) is 0 Å². The highest BCUT2D eigenvalue weighted by Gasteiger charge is 2.19. The van der Waals surface area contributed by atoms with Crippen LogP contribution < -0.4 is 0 Å². The van der Waals surface area contributed by atoms with E-state index in [1.807, 2.05) is 12.1 Å². The molecule has 2 aromatic carbocycles. The molecule has 1 N–H and O–H groups in total. The van der Waals surface area contributed by atoms with E-state index < -0.39 is 11.9 Å². The van der Waals surface area contributed by atoms with Crippen molar-refractivity contribution in [2.75, 3.05) is 7.11 Å². The van der Waals surface area contributed by atoms with Crippen LogP contribution in [0.3, 0.4) is 0 Å². The van der Waals surface area contributed by atoms with E-state index in [0.29, 0.717) is 16.5 Å². The minimum absolute atomic E-state index is 0.0175. The minimum Gasteiger partial charge on any atom is -0.493 e. The first-order valence-corrected chi connectivity index (χ1v) is 9.16. The number of azo groups is 1. The molecule has 29 heavy (non-hydrogen) atoms. The molecule has 7 heteroatoms. The van der Waals surface area contributed by atoms with Gasteiger partial charge in [-0.1, -0.05) is 51.1 Å². The summed E-state index contributed by atoms with van der Waals surface area (Å²) in [7, 11) is 1.27. The van der Waals surface area contributed by atoms with E-state index in [0.717, 1.165) is 5.56 Å². The second-order valence-corrected chi connectivity index (χ2v) is 7.68. The lowest BCUT2D eigenvalue weighted by Crippen LogP contribution is -2.11. The monoisotopic (exact) mass is 393 g/mol. The number of rotatable bonds is 4. The zero-order valence-electron chi connectivity index (χ0n) is 16.8. The van der Waals surface area contributed by atoms with Crippen molar-refractivity contribution >= 4 is 28.5 Å². The largest absolute Gasteiger partial charge is 0.493 e. The van der Waals surface area contributed by atoms with Crippen LogP contribution in [0.5, 0.6) is 5.88 Å². The van der Waals surface area contributed by atoms with Crippen molar-refractivity contribution in [1.29, 1.82) is 0 Å². The normalized spacial score (nSPS) is 11.9. The average molecular weight is 393 g/mol. The fourth-order valence-corrected chi connectivity index (χ4v) is 2.99. The number of hydrogen-bond acceptors (Lipinski definition) is 5. The first-order valence-electron chi connectivity index (χ1n) is 9.16. The Morgan fingerprint density at radius 1 is 1.07 bits per heavy atom. The number of benzene rings is 2. The van der Waals surface area contributed by atoms with Gasteiger partial charge < -0.3 is 9.84 Å². The number of para-hydroxylation sites is 1. The summed E-state index contributed by atoms with van der Waals surface area (Å²) < 4.78 is 6.05. The lowest BCUT2D eigenvalue weighted by molar-refractivity contribution is -0.141. The van der Waals surface area contributed by atoms with Crippen LogP contribution >= 0.6 is 0 Å². The number of ether oxygens (including phenoxy) is 1. The Kier molecular flexibility index (Phi) is 5.50. The number of nitrogens with zero attached hydrogens (tertiary/aromatic N) is 3. The Hall–Kier alpha value is -3.48. The maximum Gasteiger partial charge on any atom is 0.325 e. The molecule has 150 valence electrons. The predicted molar refractivity (Wildman–Crippen MR) is 110 cm³/mol. The van der Waals surface area contributed by atoms with Gasteiger partial charge in [0, 0.05) is 10.9 Å². The molecule has 0 fully saturated rings. The van der Waals surface area contributed by atoms with E-state index in [1.54, 1.807) is 36.4 Å². The van der Waals surface area contributed by atoms with Gasteiger partial charge in [0.25, 0.3) is 5.91 Å². The number of carbonyl (C=O) groups excluding carboxylic acids is 2. The zero-order valence-corrected chi connectivity index (χ0v) is 16.8. The van der Waals surface area contributed by atoms with E-state index >= 15 is 0 Å². The summed E-state index contributed by atoms with van der Waals surface area (Å²) >= 11 is 0. The Morgan fingerprint density at radius 2 is 1.72 bits per heavy atom. The molecule has 1 amide bonds. The van der Waals surface area contributed by atoms with Crippen molar-refractivity contribution in [3.8, 4) is 5.88 Å². The van der Waals surface area contributed by atoms with E-state index in [4.69, 9.17) is 0 Å². The maximum absolute atomic E-state index is 12.4. The number of carbonyl (C=O) groups is 2. The van der Waals surface area contributed by atoms with Gasteiger partial charge in [-0.15, -0.1) is 10.2 Å². The third kappa shape index (κ3) is 4.18. The molecule has 0 saturated heterocycles. The predicted octanol–water partition coefficient (Wildman–Crippen LogP) is 4.74. The molecule has 0 unspecified atom stereocenters. The quantitative estimate of drug-likeness (QED) is 0.512. The average Bonchev–Trinajstić information content (AvgIpc) is 2.96. The highest BCUT2D eigenvalue weighted by molar-refractivity contribution is 5.97. The fraction of sp³-hybridized carbons (Fsp3) is 0.273. The maximum atomic E-state index is 12.4. The summed E-state index contributed by atoms with van der Waals surface area (Å²) in [5, 5.41) is 18.9. The molecule has 7 nitrogen and oxygen atoms in total. The molecule has 1 aromatic heterocycles. The van der Waals surface area contributed by atoms with Crippen LogP contribution in [-0.4, -0.2) is 28.7 Å². The number of esters is 1. The Bertz CT molecular complexity index is 1090. The Balaban J connectivity index is 1.93. The smallest absolute Gasteiger partial charge is 0.325 e. The van der Waals surface area contributed by atoms with Crippen LogP contribution in [0.25, 0.3) is 10.9 Å². The number of hydrogen-bond donors (Lipinski definition) is 1. The van der Waals surface area contributed by atoms with Crippen LogP contribution in [0, 0.1) is 0 Å². The molecular weight excluding hydrogens is 370 g/mol. The van der Waals surface area contributed by atoms with E-state index in [9.17, 15) is 14.7 Å². The third-order valence-corrected chi connectivity index (χ3v) is 4.67. The third-order valence-electron chi connectivity index (χ3n) is 4.67. The van der Waals surface area contributed by atoms with E-state index in [-0.39, 0.29) is 23.5 Å². The molecule has 0 spiro atoms. The number of amides is 1. The van der Waals surface area contributed by atoms with Gasteiger partial charge in [0.2, 0.25) is 5.88 Å². The van der Waals surface area contributed by atoms with Gasteiger partial charge in [0.05, 0.1) is 12.6 Å². The second kappa shape index (κ2) is 7.87. The van der Waals surface area contributed by atoms with Gasteiger partial charge in [-0.25, -0.2) is 0 Å². The molecule has 1 heterocycles. The van der Waals surface area contributed by atoms with Crippen molar-refractivity contribution in [1.82, 2.24) is 4.57 Å². The summed E-state index contributed by atoms with van der Waals surface area (Å²) in [5.74, 6) is -1.29. The van der Waals surface area contributed by atoms with Crippen LogP contribution in [0.4, 0.5) is 5.69 Å². The topological polar surface area (TPSA) is 93.2 Å². The Labute approximate surface area is 168 Å². The zero-order chi connectivity index (χ0) is 21.2. The van der Waals surface area contributed by atoms with Gasteiger partial charge in [0.15, 0.2) is 5.69 Å².